The number of aromatic hydroxyl groups is 2. The quantitative estimate of drug-likeness (QED) is 0.222. The van der Waals surface area contributed by atoms with Crippen LogP contribution in [0.1, 0.15) is 28.8 Å². The minimum atomic E-state index is -0.122. The van der Waals surface area contributed by atoms with Crippen molar-refractivity contribution < 1.29 is 24.5 Å². The van der Waals surface area contributed by atoms with Gasteiger partial charge in [-0.3, -0.25) is 9.59 Å². The fourth-order valence-electron chi connectivity index (χ4n) is 4.46. The molecule has 0 spiro atoms. The zero-order valence-electron chi connectivity index (χ0n) is 19.3. The van der Waals surface area contributed by atoms with Crippen molar-refractivity contribution >= 4 is 49.0 Å². The predicted molar refractivity (Wildman–Crippen MR) is 144 cm³/mol. The normalized spacial score (nSPS) is 14.2. The lowest BCUT2D eigenvalue weighted by atomic mass is 9.97. The number of thiophene rings is 1. The number of rotatable bonds is 6. The first-order valence-electron chi connectivity index (χ1n) is 11.6. The highest BCUT2D eigenvalue weighted by Gasteiger charge is 2.24. The molecule has 0 atom stereocenters. The molecule has 184 valence electrons. The maximum atomic E-state index is 13.7. The molecule has 6 nitrogen and oxygen atoms in total. The molecule has 2 heterocycles. The molecule has 0 saturated carbocycles. The van der Waals surface area contributed by atoms with E-state index < -0.39 is 0 Å². The molecular weight excluding hydrogens is 542 g/mol. The zero-order valence-corrected chi connectivity index (χ0v) is 21.7. The summed E-state index contributed by atoms with van der Waals surface area (Å²) in [5.74, 6) is 0.961. The molecule has 5 rings (SSSR count). The van der Waals surface area contributed by atoms with Crippen molar-refractivity contribution in [3.05, 3.63) is 77.9 Å². The minimum Gasteiger partial charge on any atom is -0.508 e. The first-order chi connectivity index (χ1) is 17.4. The molecule has 1 saturated heterocycles. The summed E-state index contributed by atoms with van der Waals surface area (Å²) in [7, 11) is 0. The van der Waals surface area contributed by atoms with Gasteiger partial charge in [0.15, 0.2) is 5.78 Å². The van der Waals surface area contributed by atoms with Crippen LogP contribution in [0.3, 0.4) is 0 Å². The van der Waals surface area contributed by atoms with Gasteiger partial charge < -0.3 is 19.8 Å². The second-order valence-corrected chi connectivity index (χ2v) is 10.3. The molecule has 0 aliphatic carbocycles. The highest BCUT2D eigenvalue weighted by molar-refractivity contribution is 9.09. The van der Waals surface area contributed by atoms with Gasteiger partial charge in [-0.15, -0.1) is 11.3 Å². The van der Waals surface area contributed by atoms with Crippen molar-refractivity contribution in [2.45, 2.75) is 18.9 Å². The molecule has 0 radical (unpaired) electrons. The number of phenolic OH excluding ortho intramolecular Hbond substituents is 2. The topological polar surface area (TPSA) is 87.1 Å². The van der Waals surface area contributed by atoms with E-state index >= 15 is 0 Å². The van der Waals surface area contributed by atoms with Crippen LogP contribution in [0.2, 0.25) is 0 Å². The standard InChI is InChI=1S/C28H24BrNO5S/c29-16-25(33)30-13-11-22(12-14-30)35-21-8-3-17(4-9-21)27(34)26-23-10-7-20(32)15-24(23)36-28(26)18-1-5-19(31)6-2-18/h1-10,15,22,31-32H,11-14,16H2. The van der Waals surface area contributed by atoms with Crippen LogP contribution in [0.5, 0.6) is 17.2 Å². The van der Waals surface area contributed by atoms with Crippen LogP contribution in [0.4, 0.5) is 0 Å². The summed E-state index contributed by atoms with van der Waals surface area (Å²) in [5.41, 5.74) is 1.92. The van der Waals surface area contributed by atoms with E-state index in [2.05, 4.69) is 15.9 Å². The van der Waals surface area contributed by atoms with Crippen LogP contribution in [-0.4, -0.2) is 51.3 Å². The van der Waals surface area contributed by atoms with Crippen LogP contribution in [0, 0.1) is 0 Å². The van der Waals surface area contributed by atoms with E-state index in [0.717, 1.165) is 33.4 Å². The summed E-state index contributed by atoms with van der Waals surface area (Å²) in [6.45, 7) is 1.35. The van der Waals surface area contributed by atoms with E-state index in [1.807, 2.05) is 17.0 Å². The number of phenols is 2. The van der Waals surface area contributed by atoms with E-state index in [4.69, 9.17) is 4.74 Å². The Hall–Kier alpha value is -3.36. The third-order valence-corrected chi connectivity index (χ3v) is 8.04. The lowest BCUT2D eigenvalue weighted by Crippen LogP contribution is -2.42. The Bertz CT molecular complexity index is 1410. The fraction of sp³-hybridized carbons (Fsp3) is 0.214. The smallest absolute Gasteiger partial charge is 0.233 e. The van der Waals surface area contributed by atoms with E-state index in [1.165, 1.54) is 11.3 Å². The molecule has 0 bridgehead atoms. The molecule has 4 aromatic rings. The number of ether oxygens (including phenoxy) is 1. The predicted octanol–water partition coefficient (Wildman–Crippen LogP) is 5.98. The molecule has 8 heteroatoms. The van der Waals surface area contributed by atoms with Gasteiger partial charge in [-0.1, -0.05) is 15.9 Å². The number of hydrogen-bond acceptors (Lipinski definition) is 6. The van der Waals surface area contributed by atoms with Crippen molar-refractivity contribution in [2.24, 2.45) is 0 Å². The third-order valence-electron chi connectivity index (χ3n) is 6.36. The lowest BCUT2D eigenvalue weighted by Gasteiger charge is -2.31. The highest BCUT2D eigenvalue weighted by Crippen LogP contribution is 2.41. The van der Waals surface area contributed by atoms with Gasteiger partial charge in [0.2, 0.25) is 5.91 Å². The largest absolute Gasteiger partial charge is 0.508 e. The van der Waals surface area contributed by atoms with E-state index in [0.29, 0.717) is 35.3 Å². The van der Waals surface area contributed by atoms with Gasteiger partial charge >= 0.3 is 0 Å². The van der Waals surface area contributed by atoms with Crippen molar-refractivity contribution in [1.29, 1.82) is 0 Å². The van der Waals surface area contributed by atoms with Crippen molar-refractivity contribution in [2.75, 3.05) is 18.4 Å². The molecule has 1 fully saturated rings. The van der Waals surface area contributed by atoms with Crippen LogP contribution in [0.25, 0.3) is 20.5 Å². The molecule has 1 aliphatic rings. The van der Waals surface area contributed by atoms with Gasteiger partial charge in [0, 0.05) is 52.0 Å². The van der Waals surface area contributed by atoms with Crippen molar-refractivity contribution in [1.82, 2.24) is 4.90 Å². The number of likely N-dealkylation sites (tertiary alicyclic amines) is 1. The Kier molecular flexibility index (Phi) is 6.98. The Morgan fingerprint density at radius 3 is 2.28 bits per heavy atom. The molecule has 3 aromatic carbocycles. The number of alkyl halides is 1. The van der Waals surface area contributed by atoms with Gasteiger partial charge in [0.1, 0.15) is 23.4 Å². The zero-order chi connectivity index (χ0) is 25.2. The molecule has 36 heavy (non-hydrogen) atoms. The summed E-state index contributed by atoms with van der Waals surface area (Å²) in [4.78, 5) is 28.2. The Morgan fingerprint density at radius 2 is 1.61 bits per heavy atom. The van der Waals surface area contributed by atoms with Gasteiger partial charge in [0.25, 0.3) is 0 Å². The summed E-state index contributed by atoms with van der Waals surface area (Å²) >= 11 is 4.65. The van der Waals surface area contributed by atoms with Crippen LogP contribution in [-0.2, 0) is 4.79 Å². The molecule has 1 amide bonds. The summed E-state index contributed by atoms with van der Waals surface area (Å²) in [5, 5.41) is 20.8. The van der Waals surface area contributed by atoms with Gasteiger partial charge in [0.05, 0.1) is 5.33 Å². The van der Waals surface area contributed by atoms with E-state index in [-0.39, 0.29) is 29.3 Å². The second kappa shape index (κ2) is 10.3. The SMILES string of the molecule is O=C(c1ccc(OC2CCN(C(=O)CBr)CC2)cc1)c1c(-c2ccc(O)cc2)sc2cc(O)ccc12. The number of ketones is 1. The number of nitrogens with zero attached hydrogens (tertiary/aromatic N) is 1. The van der Waals surface area contributed by atoms with Gasteiger partial charge in [-0.05, 0) is 72.3 Å². The Balaban J connectivity index is 1.38. The molecule has 0 unspecified atom stereocenters. The second-order valence-electron chi connectivity index (χ2n) is 8.72. The molecule has 1 aromatic heterocycles. The minimum absolute atomic E-state index is 0.0283. The van der Waals surface area contributed by atoms with Gasteiger partial charge in [-0.25, -0.2) is 0 Å². The Labute approximate surface area is 220 Å². The number of hydrogen-bond donors (Lipinski definition) is 2. The summed E-state index contributed by atoms with van der Waals surface area (Å²) in [6.07, 6.45) is 1.56. The van der Waals surface area contributed by atoms with Crippen LogP contribution in [0.15, 0.2) is 66.7 Å². The van der Waals surface area contributed by atoms with E-state index in [9.17, 15) is 19.8 Å². The number of benzene rings is 3. The number of carbonyl (C=O) groups is 2. The van der Waals surface area contributed by atoms with Crippen molar-refractivity contribution in [3.63, 3.8) is 0 Å². The van der Waals surface area contributed by atoms with E-state index in [1.54, 1.807) is 54.6 Å². The van der Waals surface area contributed by atoms with Crippen molar-refractivity contribution in [3.8, 4) is 27.7 Å². The first-order valence-corrected chi connectivity index (χ1v) is 13.6. The fourth-order valence-corrected chi connectivity index (χ4v) is 6.05. The average molecular weight is 566 g/mol. The van der Waals surface area contributed by atoms with Crippen LogP contribution < -0.4 is 4.74 Å². The monoisotopic (exact) mass is 565 g/mol. The molecule has 1 aliphatic heterocycles. The maximum absolute atomic E-state index is 13.7. The van der Waals surface area contributed by atoms with Gasteiger partial charge in [-0.2, -0.15) is 0 Å². The number of fused-ring (bicyclic) bond motifs is 1. The molecule has 2 N–H and O–H groups in total. The number of carbonyl (C=O) groups excluding carboxylic acids is 2. The first kappa shape index (κ1) is 24.3. The maximum Gasteiger partial charge on any atom is 0.233 e. The summed E-state index contributed by atoms with van der Waals surface area (Å²) in [6, 6.07) is 18.9. The highest BCUT2D eigenvalue weighted by atomic mass is 79.9. The number of amides is 1. The average Bonchev–Trinajstić information content (AvgIpc) is 3.27. The molecular formula is C28H24BrNO5S. The van der Waals surface area contributed by atoms with Crippen LogP contribution >= 0.6 is 27.3 Å². The lowest BCUT2D eigenvalue weighted by molar-refractivity contribution is -0.130. The third kappa shape index (κ3) is 4.96. The Morgan fingerprint density at radius 1 is 0.944 bits per heavy atom. The summed E-state index contributed by atoms with van der Waals surface area (Å²) < 4.78 is 6.93. The number of piperidine rings is 1. The number of halogens is 1.